The second-order valence-electron chi connectivity index (χ2n) is 46.7. The number of nitrogens with one attached hydrogen (secondary N) is 9. The maximum atomic E-state index is 12.8. The number of carbonyl (C=O) groups excluding carboxylic acids is 10. The summed E-state index contributed by atoms with van der Waals surface area (Å²) in [7, 11) is 0. The van der Waals surface area contributed by atoms with Crippen LogP contribution >= 0.6 is 0 Å². The lowest BCUT2D eigenvalue weighted by Crippen LogP contribution is -2.63. The molecule has 0 spiro atoms. The largest absolute Gasteiger partial charge is 0.379 e. The van der Waals surface area contributed by atoms with Crippen molar-refractivity contribution in [2.45, 2.75) is 547 Å². The summed E-state index contributed by atoms with van der Waals surface area (Å²) in [6.45, 7) is 84.3. The maximum Gasteiger partial charge on any atom is 0.220 e. The molecule has 17 atom stereocenters. The Morgan fingerprint density at radius 1 is 0.338 bits per heavy atom. The van der Waals surface area contributed by atoms with Gasteiger partial charge in [-0.05, 0) is 231 Å². The van der Waals surface area contributed by atoms with Crippen LogP contribution in [0.4, 0.5) is 0 Å². The quantitative estimate of drug-likeness (QED) is 0.0256. The second-order valence-corrected chi connectivity index (χ2v) is 46.7. The molecule has 0 aromatic carbocycles. The third kappa shape index (κ3) is 52.8. The van der Waals surface area contributed by atoms with Gasteiger partial charge in [0, 0.05) is 122 Å². The minimum atomic E-state index is -0.859. The van der Waals surface area contributed by atoms with Gasteiger partial charge in [-0.1, -0.05) is 235 Å². The van der Waals surface area contributed by atoms with E-state index in [0.717, 1.165) is 77.5 Å². The van der Waals surface area contributed by atoms with Crippen molar-refractivity contribution < 1.29 is 66.9 Å². The summed E-state index contributed by atoms with van der Waals surface area (Å²) in [6.07, 6.45) is 22.3. The van der Waals surface area contributed by atoms with E-state index in [4.69, 9.17) is 18.9 Å². The number of Topliss-reactive ketones (excluding diaryl/α,β-unsaturated/α-hetero) is 7. The zero-order valence-electron chi connectivity index (χ0n) is 94.1. The van der Waals surface area contributed by atoms with Gasteiger partial charge in [0.15, 0.2) is 34.7 Å². The highest BCUT2D eigenvalue weighted by atomic mass is 16.5. The van der Waals surface area contributed by atoms with Crippen LogP contribution in [0.5, 0.6) is 0 Å². The topological polar surface area (TPSA) is 316 Å². The number of carbonyl (C=O) groups is 10. The van der Waals surface area contributed by atoms with Crippen LogP contribution < -0.4 is 47.9 Å². The summed E-state index contributed by atoms with van der Waals surface area (Å²) in [5.74, 6) is 3.88. The first-order chi connectivity index (χ1) is 62.7. The monoisotopic (exact) mass is 1930 g/mol. The Morgan fingerprint density at radius 2 is 0.721 bits per heavy atom. The van der Waals surface area contributed by atoms with Crippen LogP contribution in [0, 0.1) is 93.7 Å². The van der Waals surface area contributed by atoms with Crippen LogP contribution in [0.25, 0.3) is 0 Å². The molecule has 0 aliphatic heterocycles. The smallest absolute Gasteiger partial charge is 0.220 e. The van der Waals surface area contributed by atoms with Gasteiger partial charge >= 0.3 is 0 Å². The van der Waals surface area contributed by atoms with E-state index in [1.807, 2.05) is 69.2 Å². The minimum Gasteiger partial charge on any atom is -0.379 e. The van der Waals surface area contributed by atoms with Crippen molar-refractivity contribution in [2.75, 3.05) is 26.2 Å². The summed E-state index contributed by atoms with van der Waals surface area (Å²) < 4.78 is 26.5. The van der Waals surface area contributed by atoms with E-state index < -0.39 is 24.0 Å². The van der Waals surface area contributed by atoms with Gasteiger partial charge in [0.1, 0.15) is 5.78 Å². The van der Waals surface area contributed by atoms with Crippen LogP contribution in [0.1, 0.15) is 432 Å². The van der Waals surface area contributed by atoms with Gasteiger partial charge in [-0.25, -0.2) is 0 Å². The Bertz CT molecular complexity index is 3270. The zero-order chi connectivity index (χ0) is 104. The van der Waals surface area contributed by atoms with Crippen molar-refractivity contribution in [3.63, 3.8) is 0 Å². The molecule has 0 aromatic heterocycles. The Kier molecular flexibility index (Phi) is 68.5. The van der Waals surface area contributed by atoms with Crippen LogP contribution in [-0.4, -0.2) is 200 Å². The molecule has 9 N–H and O–H groups in total. The Morgan fingerprint density at radius 3 is 1.10 bits per heavy atom. The highest BCUT2D eigenvalue weighted by Gasteiger charge is 2.67. The lowest BCUT2D eigenvalue weighted by molar-refractivity contribution is -0.238. The maximum absolute atomic E-state index is 12.8. The number of hydrogen-bond acceptors (Lipinski definition) is 20. The number of unbranched alkanes of at least 4 members (excludes halogenated alkanes) is 2. The molecule has 0 heterocycles. The van der Waals surface area contributed by atoms with Crippen molar-refractivity contribution in [1.29, 1.82) is 0 Å². The molecule has 4 rings (SSSR count). The summed E-state index contributed by atoms with van der Waals surface area (Å²) >= 11 is 0. The van der Waals surface area contributed by atoms with Crippen LogP contribution in [-0.2, 0) is 66.9 Å². The van der Waals surface area contributed by atoms with Gasteiger partial charge in [0.05, 0.1) is 79.0 Å². The molecule has 4 aliphatic rings. The van der Waals surface area contributed by atoms with Gasteiger partial charge < -0.3 is 66.8 Å². The average molecular weight is 1930 g/mol. The predicted octanol–water partition coefficient (Wildman–Crippen LogP) is 21.3. The number of rotatable bonds is 62. The van der Waals surface area contributed by atoms with E-state index in [-0.39, 0.29) is 170 Å². The first-order valence-corrected chi connectivity index (χ1v) is 54.4. The Labute approximate surface area is 835 Å². The molecule has 16 unspecified atom stereocenters. The number of ether oxygens (including phenoxy) is 4. The molecular formula is C113H219N9O14. The molecule has 0 radical (unpaired) electrons. The molecular weight excluding hydrogens is 1710 g/mol. The number of amides is 3. The molecule has 0 aromatic rings. The van der Waals surface area contributed by atoms with Gasteiger partial charge in [0.2, 0.25) is 17.7 Å². The minimum absolute atomic E-state index is 0. The standard InChI is InChI=1S/C34H62O4.C30H53N3O6.C20H40N2O2.2C14H30N2O.CH4/c1-20(2)35-19-24(9)27-12-13-28-32-29(18-31(34(27,28)11)38-23(7)8)33(10)15-14-26(36-21(3)4)16-25(33)17-30(32)37-22(5)6;1-17(2)25(34)14-11-23(29(38)19(5)6)32-27(36)16-13-24(30(39)20(7)8)33-26(35)15-12-22(31-21(9)10)28(37)18(3)4;1-15(2)11-7-8-13-19(23)21-14-10-9-12-18(22-17(5)6)20(24)16(3)4;2*1-10(2)14(17)13(16-12(5)6)8-7-9-15-11(3)4;/h20-32H,12-19H2,1-11H3;17-24,31H,11-16H2,1-10H3,(H,32,36)(H,33,35);15-18,22H,7-14H2,1-6H3,(H,21,23);2*10-13,15-16H,7-9H2,1-6H3;1H4/t24-,25?,26?,27?,28?,29?,30?,31?,32?,33?,34?;;;;;/m1...../s1. The van der Waals surface area contributed by atoms with Gasteiger partial charge in [-0.3, -0.25) is 47.9 Å². The van der Waals surface area contributed by atoms with Crippen molar-refractivity contribution in [2.24, 2.45) is 93.7 Å². The highest BCUT2D eigenvalue weighted by Crippen LogP contribution is 2.69. The molecule has 136 heavy (non-hydrogen) atoms. The SMILES string of the molecule is C.CC(C)CCCCC(=O)NCCCCC(NC(C)C)C(=O)C(C)C.CC(C)NC(CCC(=O)NC(CCC(=O)NC(CCC(=O)C(C)C)C(=O)C(C)C)C(=O)C(C)C)C(=O)C(C)C.CC(C)NCCCC(NC(C)C)C(=O)C(C)C.CC(C)NCCCC(NC(C)C)C(=O)C(C)C.CC(C)OC[C@@H](C)C1CCC2C3C(OC(C)C)CC4CC(OC(C)C)CCC4(C)C3CC(OC(C)C)C21C. The molecule has 4 saturated carbocycles. The lowest BCUT2D eigenvalue weighted by atomic mass is 9.43. The normalized spacial score (nSPS) is 22.0. The fourth-order valence-electron chi connectivity index (χ4n) is 20.6. The van der Waals surface area contributed by atoms with E-state index in [0.29, 0.717) is 132 Å². The molecule has 0 saturated heterocycles. The molecule has 3 amide bonds. The molecule has 800 valence electrons. The molecule has 4 fully saturated rings. The van der Waals surface area contributed by atoms with Crippen LogP contribution in [0.2, 0.25) is 0 Å². The third-order valence-electron chi connectivity index (χ3n) is 27.5. The second kappa shape index (κ2) is 69.6. The highest BCUT2D eigenvalue weighted by molar-refractivity contribution is 5.93. The fourth-order valence-corrected chi connectivity index (χ4v) is 20.6. The van der Waals surface area contributed by atoms with Crippen molar-refractivity contribution in [3.05, 3.63) is 0 Å². The Balaban J connectivity index is 0. The van der Waals surface area contributed by atoms with Gasteiger partial charge in [-0.2, -0.15) is 0 Å². The summed E-state index contributed by atoms with van der Waals surface area (Å²) in [6, 6.07) is 0.0255. The van der Waals surface area contributed by atoms with Crippen molar-refractivity contribution >= 4 is 58.2 Å². The summed E-state index contributed by atoms with van der Waals surface area (Å²) in [4.78, 5) is 124. The van der Waals surface area contributed by atoms with Crippen LogP contribution in [0.15, 0.2) is 0 Å². The molecule has 0 bridgehead atoms. The summed E-state index contributed by atoms with van der Waals surface area (Å²) in [5, 5.41) is 28.6. The van der Waals surface area contributed by atoms with Crippen molar-refractivity contribution in [1.82, 2.24) is 47.9 Å². The van der Waals surface area contributed by atoms with Crippen molar-refractivity contribution in [3.8, 4) is 0 Å². The first kappa shape index (κ1) is 134. The predicted molar refractivity (Wildman–Crippen MR) is 567 cm³/mol. The summed E-state index contributed by atoms with van der Waals surface area (Å²) in [5.41, 5.74) is 0.521. The molecule has 23 heteroatoms. The number of hydrogen-bond donors (Lipinski definition) is 9. The van der Waals surface area contributed by atoms with E-state index >= 15 is 0 Å². The molecule has 23 nitrogen and oxygen atoms in total. The van der Waals surface area contributed by atoms with Gasteiger partial charge in [-0.15, -0.1) is 0 Å². The first-order valence-electron chi connectivity index (χ1n) is 54.4. The van der Waals surface area contributed by atoms with Crippen LogP contribution in [0.3, 0.4) is 0 Å². The number of fused-ring (bicyclic) bond motifs is 5. The number of ketones is 7. The third-order valence-corrected chi connectivity index (χ3v) is 27.5. The van der Waals surface area contributed by atoms with Gasteiger partial charge in [0.25, 0.3) is 0 Å². The Hall–Kier alpha value is -4.30. The zero-order valence-corrected chi connectivity index (χ0v) is 94.1. The average Bonchev–Trinajstić information content (AvgIpc) is 1.34. The van der Waals surface area contributed by atoms with E-state index in [2.05, 4.69) is 207 Å². The van der Waals surface area contributed by atoms with E-state index in [1.54, 1.807) is 41.5 Å². The van der Waals surface area contributed by atoms with E-state index in [9.17, 15) is 47.9 Å². The lowest BCUT2D eigenvalue weighted by Gasteiger charge is -2.65. The fraction of sp³-hybridized carbons (Fsp3) is 0.912. The van der Waals surface area contributed by atoms with E-state index in [1.165, 1.54) is 51.4 Å². The molecule has 4 aliphatic carbocycles.